The molecule has 1 fully saturated rings. The molecule has 0 N–H and O–H groups in total. The van der Waals surface area contributed by atoms with Crippen LogP contribution in [0.4, 0.5) is 0 Å². The molecule has 0 saturated carbocycles. The lowest BCUT2D eigenvalue weighted by atomic mass is 10.0. The van der Waals surface area contributed by atoms with Gasteiger partial charge >= 0.3 is 0 Å². The fourth-order valence-corrected chi connectivity index (χ4v) is 4.88. The summed E-state index contributed by atoms with van der Waals surface area (Å²) in [6.07, 6.45) is 0.880. The standard InChI is InChI=1S/C10H21ClNO2P/c1-9(2,3)12-7-6-10(4,5)14-15(12,13)8-11/h6-8H2,1-5H3. The Bertz CT molecular complexity index is 286. The summed E-state index contributed by atoms with van der Waals surface area (Å²) in [6.45, 7) is 10.8. The Balaban J connectivity index is 2.98. The van der Waals surface area contributed by atoms with E-state index >= 15 is 0 Å². The molecule has 0 spiro atoms. The fraction of sp³-hybridized carbons (Fsp3) is 1.00. The van der Waals surface area contributed by atoms with Gasteiger partial charge in [-0.25, -0.2) is 4.67 Å². The molecule has 0 aromatic carbocycles. The van der Waals surface area contributed by atoms with Crippen molar-refractivity contribution in [3.8, 4) is 0 Å². The van der Waals surface area contributed by atoms with E-state index in [-0.39, 0.29) is 16.8 Å². The minimum Gasteiger partial charge on any atom is -0.310 e. The molecule has 90 valence electrons. The van der Waals surface area contributed by atoms with E-state index in [4.69, 9.17) is 16.1 Å². The molecule has 0 aliphatic carbocycles. The summed E-state index contributed by atoms with van der Waals surface area (Å²) in [5.41, 5.74) is -0.430. The lowest BCUT2D eigenvalue weighted by Crippen LogP contribution is -2.47. The van der Waals surface area contributed by atoms with E-state index in [1.807, 2.05) is 39.3 Å². The van der Waals surface area contributed by atoms with Gasteiger partial charge in [0.15, 0.2) is 0 Å². The third kappa shape index (κ3) is 2.97. The van der Waals surface area contributed by atoms with Crippen LogP contribution >= 0.6 is 19.1 Å². The van der Waals surface area contributed by atoms with Crippen molar-refractivity contribution in [3.05, 3.63) is 0 Å². The highest BCUT2D eigenvalue weighted by atomic mass is 35.5. The number of nitrogens with zero attached hydrogens (tertiary/aromatic N) is 1. The van der Waals surface area contributed by atoms with Crippen molar-refractivity contribution >= 4 is 19.1 Å². The zero-order chi connectivity index (χ0) is 11.9. The van der Waals surface area contributed by atoms with Crippen LogP contribution < -0.4 is 0 Å². The van der Waals surface area contributed by atoms with Gasteiger partial charge < -0.3 is 4.52 Å². The predicted octanol–water partition coefficient (Wildman–Crippen LogP) is 3.68. The largest absolute Gasteiger partial charge is 0.310 e. The first-order chi connectivity index (χ1) is 6.61. The molecule has 0 aromatic rings. The van der Waals surface area contributed by atoms with Crippen molar-refractivity contribution in [3.63, 3.8) is 0 Å². The maximum atomic E-state index is 12.6. The number of hydrogen-bond donors (Lipinski definition) is 0. The number of hydrogen-bond acceptors (Lipinski definition) is 2. The minimum absolute atomic E-state index is 0.0632. The Morgan fingerprint density at radius 3 is 2.40 bits per heavy atom. The molecule has 1 aliphatic heterocycles. The normalized spacial score (nSPS) is 32.9. The van der Waals surface area contributed by atoms with Gasteiger partial charge in [0.2, 0.25) is 0 Å². The summed E-state index contributed by atoms with van der Waals surface area (Å²) in [4.78, 5) is 0. The third-order valence-electron chi connectivity index (χ3n) is 2.61. The van der Waals surface area contributed by atoms with Crippen molar-refractivity contribution in [2.45, 2.75) is 52.2 Å². The van der Waals surface area contributed by atoms with Crippen LogP contribution in [0.1, 0.15) is 41.0 Å². The Labute approximate surface area is 97.6 Å². The van der Waals surface area contributed by atoms with Crippen LogP contribution in [0, 0.1) is 0 Å². The van der Waals surface area contributed by atoms with E-state index in [1.54, 1.807) is 0 Å². The highest BCUT2D eigenvalue weighted by molar-refractivity contribution is 7.58. The Morgan fingerprint density at radius 1 is 1.47 bits per heavy atom. The van der Waals surface area contributed by atoms with Crippen LogP contribution in [-0.2, 0) is 9.09 Å². The maximum absolute atomic E-state index is 12.6. The monoisotopic (exact) mass is 253 g/mol. The second kappa shape index (κ2) is 4.03. The molecular formula is C10H21ClNO2P. The van der Waals surface area contributed by atoms with Gasteiger partial charge in [0.05, 0.1) is 5.60 Å². The van der Waals surface area contributed by atoms with Crippen molar-refractivity contribution in [1.82, 2.24) is 4.67 Å². The van der Waals surface area contributed by atoms with Gasteiger partial charge in [0.1, 0.15) is 5.62 Å². The summed E-state index contributed by atoms with van der Waals surface area (Å²) in [5, 5.41) is 0. The van der Waals surface area contributed by atoms with Gasteiger partial charge in [-0.1, -0.05) is 0 Å². The molecule has 0 amide bonds. The Kier molecular flexibility index (Phi) is 3.63. The van der Waals surface area contributed by atoms with E-state index < -0.39 is 7.52 Å². The minimum atomic E-state index is -2.85. The van der Waals surface area contributed by atoms with Crippen LogP contribution in [-0.4, -0.2) is 28.0 Å². The number of alkyl halides is 1. The molecule has 1 aliphatic rings. The van der Waals surface area contributed by atoms with Crippen molar-refractivity contribution in [2.75, 3.05) is 12.2 Å². The quantitative estimate of drug-likeness (QED) is 0.527. The molecular weight excluding hydrogens is 233 g/mol. The topological polar surface area (TPSA) is 29.5 Å². The average Bonchev–Trinajstić information content (AvgIpc) is 1.99. The van der Waals surface area contributed by atoms with Gasteiger partial charge in [0, 0.05) is 12.1 Å². The van der Waals surface area contributed by atoms with Crippen molar-refractivity contribution < 1.29 is 9.09 Å². The zero-order valence-corrected chi connectivity index (χ0v) is 11.9. The zero-order valence-electron chi connectivity index (χ0n) is 10.2. The van der Waals surface area contributed by atoms with Crippen LogP contribution in [0.15, 0.2) is 0 Å². The molecule has 1 atom stereocenters. The molecule has 0 aromatic heterocycles. The van der Waals surface area contributed by atoms with Crippen LogP contribution in [0.5, 0.6) is 0 Å². The lowest BCUT2D eigenvalue weighted by molar-refractivity contribution is 0.0326. The first-order valence-electron chi connectivity index (χ1n) is 5.25. The number of rotatable bonds is 1. The van der Waals surface area contributed by atoms with Gasteiger partial charge in [-0.15, -0.1) is 11.6 Å². The fourth-order valence-electron chi connectivity index (χ4n) is 1.89. The van der Waals surface area contributed by atoms with Crippen LogP contribution in [0.3, 0.4) is 0 Å². The third-order valence-corrected chi connectivity index (χ3v) is 6.13. The second-order valence-corrected chi connectivity index (χ2v) is 8.55. The highest BCUT2D eigenvalue weighted by Crippen LogP contribution is 2.60. The van der Waals surface area contributed by atoms with Gasteiger partial charge in [-0.05, 0) is 41.0 Å². The smallest absolute Gasteiger partial charge is 0.287 e. The first-order valence-corrected chi connectivity index (χ1v) is 7.54. The van der Waals surface area contributed by atoms with E-state index in [9.17, 15) is 4.57 Å². The molecule has 3 nitrogen and oxygen atoms in total. The van der Waals surface area contributed by atoms with Crippen molar-refractivity contribution in [1.29, 1.82) is 0 Å². The summed E-state index contributed by atoms with van der Waals surface area (Å²) in [6, 6.07) is 0. The molecule has 1 rings (SSSR count). The summed E-state index contributed by atoms with van der Waals surface area (Å²) in [5.74, 6) is 0. The molecule has 1 saturated heterocycles. The van der Waals surface area contributed by atoms with E-state index in [2.05, 4.69) is 0 Å². The highest BCUT2D eigenvalue weighted by Gasteiger charge is 2.46. The van der Waals surface area contributed by atoms with E-state index in [0.717, 1.165) is 13.0 Å². The summed E-state index contributed by atoms with van der Waals surface area (Å²) in [7, 11) is -2.85. The van der Waals surface area contributed by atoms with Gasteiger partial charge in [-0.3, -0.25) is 4.57 Å². The predicted molar refractivity (Wildman–Crippen MR) is 64.6 cm³/mol. The molecule has 15 heavy (non-hydrogen) atoms. The maximum Gasteiger partial charge on any atom is 0.287 e. The SMILES string of the molecule is CC1(C)CCN(C(C)(C)C)P(=O)(CCl)O1. The Morgan fingerprint density at radius 2 is 2.00 bits per heavy atom. The van der Waals surface area contributed by atoms with E-state index in [1.165, 1.54) is 0 Å². The lowest BCUT2D eigenvalue weighted by Gasteiger charge is -2.47. The van der Waals surface area contributed by atoms with Gasteiger partial charge in [0.25, 0.3) is 7.52 Å². The Hall–Kier alpha value is 0.440. The molecule has 1 heterocycles. The second-order valence-electron chi connectivity index (χ2n) is 5.65. The molecule has 0 bridgehead atoms. The summed E-state index contributed by atoms with van der Waals surface area (Å²) >= 11 is 5.82. The number of halogens is 1. The van der Waals surface area contributed by atoms with Gasteiger partial charge in [-0.2, -0.15) is 0 Å². The van der Waals surface area contributed by atoms with E-state index in [0.29, 0.717) is 0 Å². The molecule has 0 radical (unpaired) electrons. The van der Waals surface area contributed by atoms with Crippen LogP contribution in [0.25, 0.3) is 0 Å². The van der Waals surface area contributed by atoms with Crippen LogP contribution in [0.2, 0.25) is 0 Å². The first kappa shape index (κ1) is 13.5. The molecule has 1 unspecified atom stereocenters. The average molecular weight is 254 g/mol. The summed E-state index contributed by atoms with van der Waals surface area (Å²) < 4.78 is 20.2. The molecule has 5 heteroatoms. The van der Waals surface area contributed by atoms with Crippen molar-refractivity contribution in [2.24, 2.45) is 0 Å².